The van der Waals surface area contributed by atoms with Gasteiger partial charge in [0.15, 0.2) is 5.84 Å². The van der Waals surface area contributed by atoms with E-state index in [1.807, 2.05) is 4.90 Å². The highest BCUT2D eigenvalue weighted by Crippen LogP contribution is 2.14. The van der Waals surface area contributed by atoms with Gasteiger partial charge >= 0.3 is 0 Å². The Labute approximate surface area is 122 Å². The highest BCUT2D eigenvalue weighted by Gasteiger charge is 2.23. The van der Waals surface area contributed by atoms with Crippen LogP contribution in [0, 0.1) is 12.7 Å². The molecular formula is C14H19FN4O2. The maximum Gasteiger partial charge on any atom is 0.254 e. The minimum atomic E-state index is -0.408. The number of hydrogen-bond donors (Lipinski definition) is 2. The Kier molecular flexibility index (Phi) is 4.74. The van der Waals surface area contributed by atoms with Crippen molar-refractivity contribution in [2.24, 2.45) is 10.9 Å². The Morgan fingerprint density at radius 1 is 1.38 bits per heavy atom. The first-order valence-corrected chi connectivity index (χ1v) is 6.75. The molecule has 0 spiro atoms. The van der Waals surface area contributed by atoms with Gasteiger partial charge in [-0.2, -0.15) is 0 Å². The predicted molar refractivity (Wildman–Crippen MR) is 76.9 cm³/mol. The van der Waals surface area contributed by atoms with Crippen molar-refractivity contribution in [3.63, 3.8) is 0 Å². The van der Waals surface area contributed by atoms with Crippen LogP contribution in [0.3, 0.4) is 0 Å². The Hall–Kier alpha value is -2.15. The lowest BCUT2D eigenvalue weighted by Crippen LogP contribution is -2.50. The molecule has 0 bridgehead atoms. The summed E-state index contributed by atoms with van der Waals surface area (Å²) in [5.41, 5.74) is 6.63. The lowest BCUT2D eigenvalue weighted by molar-refractivity contribution is 0.0652. The molecule has 0 aliphatic carbocycles. The average molecular weight is 294 g/mol. The number of hydrogen-bond acceptors (Lipinski definition) is 4. The van der Waals surface area contributed by atoms with Crippen LogP contribution in [0.2, 0.25) is 0 Å². The molecule has 6 nitrogen and oxygen atoms in total. The van der Waals surface area contributed by atoms with Gasteiger partial charge in [-0.15, -0.1) is 0 Å². The number of nitrogens with two attached hydrogens (primary N) is 1. The van der Waals surface area contributed by atoms with Crippen LogP contribution in [-0.4, -0.2) is 59.5 Å². The summed E-state index contributed by atoms with van der Waals surface area (Å²) in [5.74, 6) is -0.416. The second kappa shape index (κ2) is 6.53. The van der Waals surface area contributed by atoms with E-state index >= 15 is 0 Å². The molecule has 21 heavy (non-hydrogen) atoms. The van der Waals surface area contributed by atoms with Crippen LogP contribution in [0.25, 0.3) is 0 Å². The Balaban J connectivity index is 1.99. The van der Waals surface area contributed by atoms with Gasteiger partial charge < -0.3 is 15.8 Å². The highest BCUT2D eigenvalue weighted by atomic mass is 19.1. The molecule has 3 N–H and O–H groups in total. The second-order valence-corrected chi connectivity index (χ2v) is 5.12. The predicted octanol–water partition coefficient (Wildman–Crippen LogP) is 0.638. The van der Waals surface area contributed by atoms with E-state index in [4.69, 9.17) is 10.9 Å². The number of carbonyl (C=O) groups excluding carboxylic acids is 1. The van der Waals surface area contributed by atoms with Crippen LogP contribution in [0.5, 0.6) is 0 Å². The Bertz CT molecular complexity index is 554. The number of aryl methyl sites for hydroxylation is 1. The maximum atomic E-state index is 13.3. The van der Waals surface area contributed by atoms with Crippen LogP contribution >= 0.6 is 0 Å². The Morgan fingerprint density at radius 3 is 2.67 bits per heavy atom. The quantitative estimate of drug-likeness (QED) is 0.371. The molecule has 0 radical (unpaired) electrons. The van der Waals surface area contributed by atoms with E-state index in [0.29, 0.717) is 38.3 Å². The molecule has 1 aliphatic rings. The molecule has 1 heterocycles. The lowest BCUT2D eigenvalue weighted by atomic mass is 10.1. The summed E-state index contributed by atoms with van der Waals surface area (Å²) in [7, 11) is 0. The van der Waals surface area contributed by atoms with Gasteiger partial charge in [0.2, 0.25) is 0 Å². The molecular weight excluding hydrogens is 275 g/mol. The van der Waals surface area contributed by atoms with Crippen LogP contribution in [0.15, 0.2) is 23.4 Å². The first kappa shape index (κ1) is 15.2. The molecule has 1 aromatic carbocycles. The molecule has 0 aromatic heterocycles. The smallest absolute Gasteiger partial charge is 0.254 e. The summed E-state index contributed by atoms with van der Waals surface area (Å²) < 4.78 is 13.3. The zero-order valence-electron chi connectivity index (χ0n) is 11.9. The molecule has 7 heteroatoms. The van der Waals surface area contributed by atoms with E-state index in [1.165, 1.54) is 12.1 Å². The van der Waals surface area contributed by atoms with Crippen molar-refractivity contribution in [2.75, 3.05) is 32.7 Å². The van der Waals surface area contributed by atoms with E-state index < -0.39 is 5.82 Å². The molecule has 1 fully saturated rings. The normalized spacial score (nSPS) is 17.0. The number of rotatable bonds is 3. The number of amidine groups is 1. The summed E-state index contributed by atoms with van der Waals surface area (Å²) in [4.78, 5) is 16.1. The third-order valence-electron chi connectivity index (χ3n) is 3.60. The SMILES string of the molecule is Cc1ccc(F)cc1C(=O)N1CCN(CC(N)=NO)CC1. The largest absolute Gasteiger partial charge is 0.409 e. The summed E-state index contributed by atoms with van der Waals surface area (Å²) in [6, 6.07) is 4.23. The molecule has 0 saturated carbocycles. The second-order valence-electron chi connectivity index (χ2n) is 5.12. The first-order valence-electron chi connectivity index (χ1n) is 6.75. The van der Waals surface area contributed by atoms with E-state index in [0.717, 1.165) is 5.56 Å². The fraction of sp³-hybridized carbons (Fsp3) is 0.429. The van der Waals surface area contributed by atoms with Gasteiger partial charge in [-0.05, 0) is 24.6 Å². The zero-order valence-corrected chi connectivity index (χ0v) is 11.9. The van der Waals surface area contributed by atoms with Crippen molar-refractivity contribution < 1.29 is 14.4 Å². The fourth-order valence-corrected chi connectivity index (χ4v) is 2.36. The number of benzene rings is 1. The van der Waals surface area contributed by atoms with Gasteiger partial charge in [0.1, 0.15) is 5.82 Å². The number of oxime groups is 1. The fourth-order valence-electron chi connectivity index (χ4n) is 2.36. The average Bonchev–Trinajstić information content (AvgIpc) is 2.49. The summed E-state index contributed by atoms with van der Waals surface area (Å²) >= 11 is 0. The molecule has 1 aromatic rings. The van der Waals surface area contributed by atoms with Crippen molar-refractivity contribution >= 4 is 11.7 Å². The van der Waals surface area contributed by atoms with Gasteiger partial charge in [0.05, 0.1) is 6.54 Å². The van der Waals surface area contributed by atoms with Gasteiger partial charge in [0, 0.05) is 31.7 Å². The maximum absolute atomic E-state index is 13.3. The molecule has 2 rings (SSSR count). The molecule has 114 valence electrons. The van der Waals surface area contributed by atoms with E-state index in [2.05, 4.69) is 5.16 Å². The Morgan fingerprint density at radius 2 is 2.05 bits per heavy atom. The standard InChI is InChI=1S/C14H19FN4O2/c1-10-2-3-11(15)8-12(10)14(20)19-6-4-18(5-7-19)9-13(16)17-21/h2-3,8,21H,4-7,9H2,1H3,(H2,16,17). The third kappa shape index (κ3) is 3.69. The van der Waals surface area contributed by atoms with Crippen molar-refractivity contribution in [1.29, 1.82) is 0 Å². The third-order valence-corrected chi connectivity index (χ3v) is 3.60. The monoisotopic (exact) mass is 294 g/mol. The molecule has 0 atom stereocenters. The van der Waals surface area contributed by atoms with Crippen LogP contribution in [0.4, 0.5) is 4.39 Å². The van der Waals surface area contributed by atoms with Gasteiger partial charge in [-0.1, -0.05) is 11.2 Å². The number of piperazine rings is 1. The minimum Gasteiger partial charge on any atom is -0.409 e. The number of nitrogens with zero attached hydrogens (tertiary/aromatic N) is 3. The van der Waals surface area contributed by atoms with E-state index in [9.17, 15) is 9.18 Å². The number of amides is 1. The number of halogens is 1. The van der Waals surface area contributed by atoms with Gasteiger partial charge in [0.25, 0.3) is 5.91 Å². The van der Waals surface area contributed by atoms with Gasteiger partial charge in [-0.3, -0.25) is 9.69 Å². The molecule has 1 amide bonds. The first-order chi connectivity index (χ1) is 10.0. The van der Waals surface area contributed by atoms with Gasteiger partial charge in [-0.25, -0.2) is 4.39 Å². The summed E-state index contributed by atoms with van der Waals surface area (Å²) in [6.07, 6.45) is 0. The topological polar surface area (TPSA) is 82.2 Å². The van der Waals surface area contributed by atoms with Crippen molar-refractivity contribution in [3.8, 4) is 0 Å². The van der Waals surface area contributed by atoms with E-state index in [-0.39, 0.29) is 11.7 Å². The molecule has 1 saturated heterocycles. The van der Waals surface area contributed by atoms with Crippen LogP contribution in [-0.2, 0) is 0 Å². The van der Waals surface area contributed by atoms with E-state index in [1.54, 1.807) is 17.9 Å². The summed E-state index contributed by atoms with van der Waals surface area (Å²) in [6.45, 7) is 4.51. The minimum absolute atomic E-state index is 0.149. The van der Waals surface area contributed by atoms with Crippen molar-refractivity contribution in [3.05, 3.63) is 35.1 Å². The van der Waals surface area contributed by atoms with Crippen LogP contribution < -0.4 is 5.73 Å². The van der Waals surface area contributed by atoms with Crippen molar-refractivity contribution in [2.45, 2.75) is 6.92 Å². The van der Waals surface area contributed by atoms with Crippen LogP contribution in [0.1, 0.15) is 15.9 Å². The molecule has 0 unspecified atom stereocenters. The lowest BCUT2D eigenvalue weighted by Gasteiger charge is -2.34. The number of carbonyl (C=O) groups is 1. The summed E-state index contributed by atoms with van der Waals surface area (Å²) in [5, 5.41) is 11.5. The van der Waals surface area contributed by atoms with Crippen molar-refractivity contribution in [1.82, 2.24) is 9.80 Å². The highest BCUT2D eigenvalue weighted by molar-refractivity contribution is 5.95. The zero-order chi connectivity index (χ0) is 15.4. The molecule has 1 aliphatic heterocycles.